The molecule has 0 radical (unpaired) electrons. The Kier molecular flexibility index (Phi) is 5.10. The number of fused-ring (bicyclic) bond motifs is 1. The zero-order valence-electron chi connectivity index (χ0n) is 9.70. The van der Waals surface area contributed by atoms with E-state index in [0.717, 1.165) is 8.27 Å². The van der Waals surface area contributed by atoms with Gasteiger partial charge in [0.05, 0.1) is 6.61 Å². The molecule has 2 saturated heterocycles. The van der Waals surface area contributed by atoms with Crippen LogP contribution in [-0.2, 0) is 18.9 Å². The summed E-state index contributed by atoms with van der Waals surface area (Å²) in [5.41, 5.74) is 0. The SMILES string of the molecule is CO[C@H]1OC2COC(PPC)O[C@H]2[C@H](O)C1O. The Morgan fingerprint density at radius 1 is 1.24 bits per heavy atom. The van der Waals surface area contributed by atoms with Crippen molar-refractivity contribution >= 4 is 16.5 Å². The van der Waals surface area contributed by atoms with E-state index >= 15 is 0 Å². The summed E-state index contributed by atoms with van der Waals surface area (Å²) < 4.78 is 21.5. The highest BCUT2D eigenvalue weighted by Gasteiger charge is 2.48. The number of aliphatic hydroxyl groups excluding tert-OH is 2. The molecule has 2 heterocycles. The van der Waals surface area contributed by atoms with Gasteiger partial charge in [0, 0.05) is 7.11 Å². The van der Waals surface area contributed by atoms with Gasteiger partial charge in [0.1, 0.15) is 24.4 Å². The van der Waals surface area contributed by atoms with E-state index in [2.05, 4.69) is 6.66 Å². The molecule has 0 aliphatic carbocycles. The first-order chi connectivity index (χ1) is 8.17. The van der Waals surface area contributed by atoms with Crippen LogP contribution in [0.25, 0.3) is 0 Å². The van der Waals surface area contributed by atoms with Crippen molar-refractivity contribution in [3.8, 4) is 0 Å². The smallest absolute Gasteiger partial charge is 0.186 e. The van der Waals surface area contributed by atoms with Crippen molar-refractivity contribution in [3.05, 3.63) is 0 Å². The molecule has 8 heteroatoms. The molecule has 0 saturated carbocycles. The standard InChI is InChI=1S/C9H18O6P2/c1-12-8-6(11)5(10)7-4(14-8)3-13-9(15-7)17-16-2/h4-11,16-17H,3H2,1-2H3/t4?,5-,6?,7-,8+,9?/m1/s1. The molecule has 2 N–H and O–H groups in total. The lowest BCUT2D eigenvalue weighted by Crippen LogP contribution is -2.62. The lowest BCUT2D eigenvalue weighted by molar-refractivity contribution is -0.341. The molecule has 2 aliphatic rings. The average molecular weight is 284 g/mol. The molecule has 0 aromatic heterocycles. The van der Waals surface area contributed by atoms with Gasteiger partial charge in [-0.05, 0) is 14.9 Å². The molecular weight excluding hydrogens is 266 g/mol. The van der Waals surface area contributed by atoms with Gasteiger partial charge in [-0.15, -0.1) is 0 Å². The Morgan fingerprint density at radius 3 is 2.65 bits per heavy atom. The Morgan fingerprint density at radius 2 is 2.00 bits per heavy atom. The molecular formula is C9H18O6P2. The topological polar surface area (TPSA) is 77.4 Å². The molecule has 0 spiro atoms. The zero-order valence-corrected chi connectivity index (χ0v) is 11.7. The van der Waals surface area contributed by atoms with Crippen LogP contribution in [-0.4, -0.2) is 67.3 Å². The minimum atomic E-state index is -1.09. The van der Waals surface area contributed by atoms with Crippen molar-refractivity contribution in [3.63, 3.8) is 0 Å². The first-order valence-corrected chi connectivity index (χ1v) is 8.99. The normalized spacial score (nSPS) is 48.0. The largest absolute Gasteiger partial charge is 0.387 e. The third kappa shape index (κ3) is 2.96. The lowest BCUT2D eigenvalue weighted by atomic mass is 9.99. The van der Waals surface area contributed by atoms with Gasteiger partial charge in [-0.3, -0.25) is 0 Å². The van der Waals surface area contributed by atoms with Crippen LogP contribution in [0.3, 0.4) is 0 Å². The van der Waals surface area contributed by atoms with Gasteiger partial charge in [-0.25, -0.2) is 0 Å². The van der Waals surface area contributed by atoms with Gasteiger partial charge in [0.25, 0.3) is 0 Å². The maximum absolute atomic E-state index is 9.98. The maximum atomic E-state index is 9.98. The summed E-state index contributed by atoms with van der Waals surface area (Å²) in [7, 11) is 2.71. The van der Waals surface area contributed by atoms with Crippen LogP contribution in [0.1, 0.15) is 0 Å². The van der Waals surface area contributed by atoms with E-state index in [-0.39, 0.29) is 12.1 Å². The van der Waals surface area contributed by atoms with Gasteiger partial charge in [-0.1, -0.05) is 8.27 Å². The van der Waals surface area contributed by atoms with Crippen molar-refractivity contribution in [2.75, 3.05) is 20.4 Å². The molecule has 0 amide bonds. The Balaban J connectivity index is 2.00. The molecule has 2 aliphatic heterocycles. The van der Waals surface area contributed by atoms with Crippen molar-refractivity contribution in [2.45, 2.75) is 36.7 Å². The summed E-state index contributed by atoms with van der Waals surface area (Å²) in [5.74, 6) is 0. The number of methoxy groups -OCH3 is 1. The fourth-order valence-corrected chi connectivity index (χ4v) is 3.76. The highest BCUT2D eigenvalue weighted by atomic mass is 32.0. The molecule has 0 bridgehead atoms. The number of aliphatic hydroxyl groups is 2. The average Bonchev–Trinajstić information content (AvgIpc) is 2.34. The van der Waals surface area contributed by atoms with Crippen molar-refractivity contribution < 1.29 is 29.2 Å². The first kappa shape index (κ1) is 14.0. The van der Waals surface area contributed by atoms with Gasteiger partial charge >= 0.3 is 0 Å². The molecule has 100 valence electrons. The Bertz CT molecular complexity index is 254. The third-order valence-corrected chi connectivity index (χ3v) is 5.23. The van der Waals surface area contributed by atoms with Crippen LogP contribution in [0, 0.1) is 0 Å². The second-order valence-corrected chi connectivity index (χ2v) is 7.55. The minimum absolute atomic E-state index is 0.288. The second kappa shape index (κ2) is 6.18. The predicted molar refractivity (Wildman–Crippen MR) is 64.9 cm³/mol. The van der Waals surface area contributed by atoms with E-state index in [1.807, 2.05) is 0 Å². The molecule has 0 aromatic rings. The van der Waals surface area contributed by atoms with Crippen molar-refractivity contribution in [2.24, 2.45) is 0 Å². The molecule has 17 heavy (non-hydrogen) atoms. The summed E-state index contributed by atoms with van der Waals surface area (Å²) in [6.45, 7) is 2.43. The van der Waals surface area contributed by atoms with Crippen LogP contribution in [0.2, 0.25) is 0 Å². The summed E-state index contributed by atoms with van der Waals surface area (Å²) in [6.07, 6.45) is -3.86. The molecule has 2 rings (SSSR count). The molecule has 8 atom stereocenters. The zero-order chi connectivity index (χ0) is 12.4. The highest BCUT2D eigenvalue weighted by molar-refractivity contribution is 8.11. The molecule has 6 nitrogen and oxygen atoms in total. The molecule has 5 unspecified atom stereocenters. The van der Waals surface area contributed by atoms with E-state index < -0.39 is 24.6 Å². The van der Waals surface area contributed by atoms with Crippen LogP contribution in [0.15, 0.2) is 0 Å². The fraction of sp³-hybridized carbons (Fsp3) is 1.00. The van der Waals surface area contributed by atoms with E-state index in [4.69, 9.17) is 18.9 Å². The summed E-state index contributed by atoms with van der Waals surface area (Å²) >= 11 is 0. The number of rotatable bonds is 3. The third-order valence-electron chi connectivity index (χ3n) is 2.83. The molecule has 0 aromatic carbocycles. The summed E-state index contributed by atoms with van der Waals surface area (Å²) in [4.78, 5) is 0. The number of ether oxygens (including phenoxy) is 4. The minimum Gasteiger partial charge on any atom is -0.387 e. The number of hydrogen-bond donors (Lipinski definition) is 2. The van der Waals surface area contributed by atoms with Crippen LogP contribution >= 0.6 is 16.5 Å². The van der Waals surface area contributed by atoms with Crippen LogP contribution in [0.5, 0.6) is 0 Å². The highest BCUT2D eigenvalue weighted by Crippen LogP contribution is 2.43. The lowest BCUT2D eigenvalue weighted by Gasteiger charge is -2.45. The van der Waals surface area contributed by atoms with Gasteiger partial charge in [0.2, 0.25) is 0 Å². The summed E-state index contributed by atoms with van der Waals surface area (Å²) in [5, 5.41) is 19.8. The predicted octanol–water partition coefficient (Wildman–Crippen LogP) is -0.320. The Labute approximate surface area is 103 Å². The maximum Gasteiger partial charge on any atom is 0.186 e. The van der Waals surface area contributed by atoms with E-state index in [0.29, 0.717) is 14.9 Å². The van der Waals surface area contributed by atoms with Gasteiger partial charge in [-0.2, -0.15) is 0 Å². The van der Waals surface area contributed by atoms with E-state index in [1.54, 1.807) is 0 Å². The fourth-order valence-electron chi connectivity index (χ4n) is 1.96. The quantitative estimate of drug-likeness (QED) is 0.692. The van der Waals surface area contributed by atoms with E-state index in [9.17, 15) is 10.2 Å². The van der Waals surface area contributed by atoms with Gasteiger partial charge in [0.15, 0.2) is 12.3 Å². The molecule has 2 fully saturated rings. The van der Waals surface area contributed by atoms with Crippen LogP contribution in [0.4, 0.5) is 0 Å². The van der Waals surface area contributed by atoms with Crippen molar-refractivity contribution in [1.82, 2.24) is 0 Å². The van der Waals surface area contributed by atoms with Crippen LogP contribution < -0.4 is 0 Å². The number of hydrogen-bond acceptors (Lipinski definition) is 6. The van der Waals surface area contributed by atoms with Crippen molar-refractivity contribution in [1.29, 1.82) is 0 Å². The Hall–Kier alpha value is 0.620. The van der Waals surface area contributed by atoms with Gasteiger partial charge < -0.3 is 29.2 Å². The van der Waals surface area contributed by atoms with E-state index in [1.165, 1.54) is 7.11 Å². The second-order valence-electron chi connectivity index (χ2n) is 3.92. The first-order valence-electron chi connectivity index (χ1n) is 5.41. The summed E-state index contributed by atoms with van der Waals surface area (Å²) in [6, 6.07) is -0.288. The monoisotopic (exact) mass is 284 g/mol.